The second kappa shape index (κ2) is 22.3. The zero-order valence-corrected chi connectivity index (χ0v) is 34.9. The van der Waals surface area contributed by atoms with Crippen LogP contribution < -0.4 is 32.3 Å². The van der Waals surface area contributed by atoms with E-state index in [-0.39, 0.29) is 44.1 Å². The minimum Gasteiger partial charge on any atom is -0.481 e. The number of benzene rings is 1. The molecular formula is C41H58N10O10. The van der Waals surface area contributed by atoms with E-state index in [0.29, 0.717) is 24.1 Å². The van der Waals surface area contributed by atoms with Crippen molar-refractivity contribution in [3.8, 4) is 0 Å². The summed E-state index contributed by atoms with van der Waals surface area (Å²) in [6.45, 7) is 7.20. The summed E-state index contributed by atoms with van der Waals surface area (Å²) in [6.07, 6.45) is 4.90. The summed E-state index contributed by atoms with van der Waals surface area (Å²) in [4.78, 5) is 116. The van der Waals surface area contributed by atoms with Crippen molar-refractivity contribution < 1.29 is 48.6 Å². The van der Waals surface area contributed by atoms with Crippen molar-refractivity contribution in [1.29, 1.82) is 0 Å². The lowest BCUT2D eigenvalue weighted by Gasteiger charge is -2.28. The fourth-order valence-electron chi connectivity index (χ4n) is 7.21. The average Bonchev–Trinajstić information content (AvgIpc) is 3.99. The zero-order valence-electron chi connectivity index (χ0n) is 34.9. The topological polar surface area (TPSA) is 311 Å². The van der Waals surface area contributed by atoms with E-state index in [1.54, 1.807) is 12.3 Å². The normalized spacial score (nSPS) is 16.3. The van der Waals surface area contributed by atoms with E-state index in [9.17, 15) is 43.5 Å². The monoisotopic (exact) mass is 850 g/mol. The number of carbonyl (C=O) groups is 8. The maximum Gasteiger partial charge on any atom is 0.326 e. The summed E-state index contributed by atoms with van der Waals surface area (Å²) >= 11 is 0. The number of para-hydroxylation sites is 1. The van der Waals surface area contributed by atoms with E-state index in [2.05, 4.69) is 41.5 Å². The Morgan fingerprint density at radius 3 is 2.13 bits per heavy atom. The molecule has 1 aliphatic heterocycles. The largest absolute Gasteiger partial charge is 0.481 e. The van der Waals surface area contributed by atoms with Crippen LogP contribution in [0.1, 0.15) is 77.5 Å². The molecule has 2 aromatic heterocycles. The third-order valence-corrected chi connectivity index (χ3v) is 10.3. The first kappa shape index (κ1) is 47.4. The van der Waals surface area contributed by atoms with Crippen LogP contribution in [-0.4, -0.2) is 127 Å². The van der Waals surface area contributed by atoms with Crippen molar-refractivity contribution >= 4 is 58.3 Å². The molecule has 3 aromatic rings. The number of carboxylic acid groups (broad SMARTS) is 2. The van der Waals surface area contributed by atoms with Gasteiger partial charge in [-0.25, -0.2) is 9.78 Å². The molecule has 4 rings (SSSR count). The van der Waals surface area contributed by atoms with Crippen LogP contribution in [0.5, 0.6) is 0 Å². The van der Waals surface area contributed by atoms with Gasteiger partial charge in [-0.15, -0.1) is 0 Å². The predicted octanol–water partition coefficient (Wildman–Crippen LogP) is 0.0915. The molecule has 1 fully saturated rings. The van der Waals surface area contributed by atoms with Gasteiger partial charge in [-0.2, -0.15) is 0 Å². The number of carbonyl (C=O) groups excluding carboxylic acids is 6. The molecule has 11 N–H and O–H groups in total. The average molecular weight is 851 g/mol. The first-order chi connectivity index (χ1) is 28.9. The number of likely N-dealkylation sites (tertiary alicyclic amines) is 1. The molecule has 1 aromatic carbocycles. The third-order valence-electron chi connectivity index (χ3n) is 10.3. The van der Waals surface area contributed by atoms with Gasteiger partial charge in [0.05, 0.1) is 18.9 Å². The summed E-state index contributed by atoms with van der Waals surface area (Å²) < 4.78 is 0. The second-order valence-corrected chi connectivity index (χ2v) is 16.2. The van der Waals surface area contributed by atoms with Crippen molar-refractivity contribution in [1.82, 2.24) is 46.4 Å². The first-order valence-electron chi connectivity index (χ1n) is 20.4. The smallest absolute Gasteiger partial charge is 0.326 e. The third kappa shape index (κ3) is 14.1. The van der Waals surface area contributed by atoms with E-state index in [4.69, 9.17) is 10.8 Å². The number of imidazole rings is 1. The number of nitrogens with zero attached hydrogens (tertiary/aromatic N) is 2. The summed E-state index contributed by atoms with van der Waals surface area (Å²) in [6, 6.07) is 0.238. The molecule has 0 aliphatic carbocycles. The van der Waals surface area contributed by atoms with Crippen molar-refractivity contribution in [3.63, 3.8) is 0 Å². The summed E-state index contributed by atoms with van der Waals surface area (Å²) in [5.74, 6) is -6.66. The standard InChI is InChI=1S/C41H58N10O10/c1-22(2)14-27(42)36(55)48-32(17-25-19-43-21-46-25)37(56)45-20-34(52)51-13-7-10-33(51)40(59)50-30(15-23(3)4)38(57)49-31(16-24-18-44-28-9-6-5-8-26(24)28)39(58)47-29(41(60)61)11-12-35(53)54/h5-6,8-9,18-19,21-23,27,29-33,44H,7,10-17,20,42H2,1-4H3,(H,43,46)(H,45,56)(H,47,58)(H,48,55)(H,49,57)(H,50,59)(H,53,54)(H,60,61)/t27-,29-,30-,31-,32-,33-/m0/s1. The molecule has 6 atom stereocenters. The highest BCUT2D eigenvalue weighted by atomic mass is 16.4. The number of hydrogen-bond donors (Lipinski definition) is 10. The number of rotatable bonds is 23. The lowest BCUT2D eigenvalue weighted by Crippen LogP contribution is -2.58. The molecule has 1 aliphatic rings. The SMILES string of the molecule is CC(C)C[C@H](NC(=O)[C@@H]1CCCN1C(=O)CNC(=O)[C@H](Cc1cnc[nH]1)NC(=O)[C@@H](N)CC(C)C)C(=O)N[C@@H](Cc1c[nH]c2ccccc12)C(=O)N[C@@H](CCC(=O)O)C(=O)O. The number of aromatic nitrogens is 3. The molecule has 1 saturated heterocycles. The lowest BCUT2D eigenvalue weighted by molar-refractivity contribution is -0.143. The molecule has 0 unspecified atom stereocenters. The van der Waals surface area contributed by atoms with Crippen LogP contribution in [0.15, 0.2) is 43.0 Å². The van der Waals surface area contributed by atoms with Gasteiger partial charge in [0, 0.05) is 54.8 Å². The van der Waals surface area contributed by atoms with Crippen LogP contribution in [-0.2, 0) is 51.2 Å². The van der Waals surface area contributed by atoms with Gasteiger partial charge >= 0.3 is 11.9 Å². The lowest BCUT2D eigenvalue weighted by atomic mass is 10.00. The number of fused-ring (bicyclic) bond motifs is 1. The molecule has 6 amide bonds. The van der Waals surface area contributed by atoms with Gasteiger partial charge in [0.15, 0.2) is 0 Å². The highest BCUT2D eigenvalue weighted by Crippen LogP contribution is 2.21. The quantitative estimate of drug-likeness (QED) is 0.0608. The Balaban J connectivity index is 1.46. The minimum atomic E-state index is -1.55. The number of hydrogen-bond acceptors (Lipinski definition) is 10. The number of amides is 6. The van der Waals surface area contributed by atoms with Crippen molar-refractivity contribution in [2.75, 3.05) is 13.1 Å². The van der Waals surface area contributed by atoms with Gasteiger partial charge in [0.1, 0.15) is 30.2 Å². The highest BCUT2D eigenvalue weighted by Gasteiger charge is 2.37. The van der Waals surface area contributed by atoms with E-state index in [0.717, 1.165) is 10.9 Å². The number of aromatic amines is 2. The fourth-order valence-corrected chi connectivity index (χ4v) is 7.21. The maximum atomic E-state index is 14.0. The molecule has 0 radical (unpaired) electrons. The number of H-pyrrole nitrogens is 2. The molecule has 332 valence electrons. The minimum absolute atomic E-state index is 0.0450. The molecule has 20 nitrogen and oxygen atoms in total. The molecule has 3 heterocycles. The number of nitrogens with one attached hydrogen (secondary N) is 7. The first-order valence-corrected chi connectivity index (χ1v) is 20.4. The predicted molar refractivity (Wildman–Crippen MR) is 221 cm³/mol. The maximum absolute atomic E-state index is 14.0. The number of carboxylic acids is 2. The summed E-state index contributed by atoms with van der Waals surface area (Å²) in [5, 5.41) is 32.7. The van der Waals surface area contributed by atoms with Gasteiger partial charge in [-0.05, 0) is 55.6 Å². The second-order valence-electron chi connectivity index (χ2n) is 16.2. The zero-order chi connectivity index (χ0) is 44.8. The van der Waals surface area contributed by atoms with Crippen molar-refractivity contribution in [3.05, 3.63) is 54.2 Å². The number of nitrogens with two attached hydrogens (primary N) is 1. The van der Waals surface area contributed by atoms with Gasteiger partial charge in [0.2, 0.25) is 35.4 Å². The van der Waals surface area contributed by atoms with Crippen molar-refractivity contribution in [2.45, 2.75) is 115 Å². The Bertz CT molecular complexity index is 2020. The van der Waals surface area contributed by atoms with Gasteiger partial charge < -0.3 is 57.4 Å². The Hall–Kier alpha value is -6.31. The Labute approximate surface area is 352 Å². The van der Waals surface area contributed by atoms with Crippen molar-refractivity contribution in [2.24, 2.45) is 17.6 Å². The fraction of sp³-hybridized carbons (Fsp3) is 0.537. The Kier molecular flexibility index (Phi) is 17.3. The highest BCUT2D eigenvalue weighted by molar-refractivity contribution is 5.97. The number of aliphatic carboxylic acids is 2. The van der Waals surface area contributed by atoms with Crippen LogP contribution in [0.4, 0.5) is 0 Å². The van der Waals surface area contributed by atoms with Crippen LogP contribution >= 0.6 is 0 Å². The van der Waals surface area contributed by atoms with Gasteiger partial charge in [-0.3, -0.25) is 33.6 Å². The van der Waals surface area contributed by atoms with E-state index < -0.39 is 103 Å². The molecule has 0 spiro atoms. The summed E-state index contributed by atoms with van der Waals surface area (Å²) in [5.41, 5.74) is 8.01. The molecule has 0 saturated carbocycles. The molecule has 0 bridgehead atoms. The van der Waals surface area contributed by atoms with E-state index in [1.807, 2.05) is 45.9 Å². The Morgan fingerprint density at radius 1 is 0.820 bits per heavy atom. The molecule has 61 heavy (non-hydrogen) atoms. The van der Waals surface area contributed by atoms with Gasteiger partial charge in [0.25, 0.3) is 0 Å². The molecule has 20 heteroatoms. The summed E-state index contributed by atoms with van der Waals surface area (Å²) in [7, 11) is 0. The Morgan fingerprint density at radius 2 is 1.48 bits per heavy atom. The van der Waals surface area contributed by atoms with Crippen LogP contribution in [0.3, 0.4) is 0 Å². The van der Waals surface area contributed by atoms with Crippen LogP contribution in [0.2, 0.25) is 0 Å². The van der Waals surface area contributed by atoms with E-state index in [1.165, 1.54) is 17.4 Å². The van der Waals surface area contributed by atoms with Crippen LogP contribution in [0, 0.1) is 11.8 Å². The molecular weight excluding hydrogens is 793 g/mol. The van der Waals surface area contributed by atoms with Crippen LogP contribution in [0.25, 0.3) is 10.9 Å². The van der Waals surface area contributed by atoms with E-state index >= 15 is 0 Å². The van der Waals surface area contributed by atoms with Gasteiger partial charge in [-0.1, -0.05) is 45.9 Å².